The Balaban J connectivity index is 1.61. The number of carbonyl (C=O) groups is 1. The molecule has 0 atom stereocenters. The van der Waals surface area contributed by atoms with Crippen molar-refractivity contribution in [3.63, 3.8) is 0 Å². The quantitative estimate of drug-likeness (QED) is 0.403. The number of hydrogen-bond donors (Lipinski definition) is 1. The number of fused-ring (bicyclic) bond motifs is 3. The van der Waals surface area contributed by atoms with Crippen molar-refractivity contribution in [3.05, 3.63) is 99.9 Å². The third-order valence-corrected chi connectivity index (χ3v) is 6.46. The minimum atomic E-state index is -0.475. The van der Waals surface area contributed by atoms with E-state index in [2.05, 4.69) is 35.8 Å². The molecule has 0 fully saturated rings. The number of primary amides is 1. The lowest BCUT2D eigenvalue weighted by molar-refractivity contribution is 0.100. The van der Waals surface area contributed by atoms with Gasteiger partial charge in [-0.15, -0.1) is 0 Å². The van der Waals surface area contributed by atoms with Crippen molar-refractivity contribution in [1.29, 1.82) is 5.26 Å². The van der Waals surface area contributed by atoms with E-state index in [1.54, 1.807) is 6.07 Å². The second kappa shape index (κ2) is 9.11. The lowest BCUT2D eigenvalue weighted by atomic mass is 9.90. The summed E-state index contributed by atoms with van der Waals surface area (Å²) in [7, 11) is 0. The fourth-order valence-corrected chi connectivity index (χ4v) is 4.84. The number of rotatable bonds is 5. The summed E-state index contributed by atoms with van der Waals surface area (Å²) < 4.78 is 8.31. The van der Waals surface area contributed by atoms with Gasteiger partial charge in [0.05, 0.1) is 17.1 Å². The Kier molecular flexibility index (Phi) is 5.84. The molecule has 5 rings (SSSR count). The van der Waals surface area contributed by atoms with Crippen LogP contribution >= 0.6 is 0 Å². The van der Waals surface area contributed by atoms with E-state index in [-0.39, 0.29) is 0 Å². The van der Waals surface area contributed by atoms with Crippen LogP contribution in [0.3, 0.4) is 0 Å². The van der Waals surface area contributed by atoms with E-state index in [4.69, 9.17) is 15.5 Å². The molecule has 2 N–H and O–H groups in total. The highest BCUT2D eigenvalue weighted by atomic mass is 16.5. The minimum Gasteiger partial charge on any atom is -0.488 e. The van der Waals surface area contributed by atoms with E-state index in [9.17, 15) is 10.1 Å². The largest absolute Gasteiger partial charge is 0.488 e. The number of nitrogens with zero attached hydrogens (tertiary/aromatic N) is 3. The van der Waals surface area contributed by atoms with Crippen LogP contribution in [0.4, 0.5) is 0 Å². The molecule has 0 spiro atoms. The highest BCUT2D eigenvalue weighted by Crippen LogP contribution is 2.38. The zero-order valence-electron chi connectivity index (χ0n) is 19.8. The van der Waals surface area contributed by atoms with E-state index in [1.807, 2.05) is 43.3 Å². The van der Waals surface area contributed by atoms with Gasteiger partial charge in [0.2, 0.25) is 0 Å². The molecule has 6 heteroatoms. The van der Waals surface area contributed by atoms with E-state index in [1.165, 1.54) is 0 Å². The lowest BCUT2D eigenvalue weighted by Crippen LogP contribution is -2.11. The van der Waals surface area contributed by atoms with E-state index in [0.717, 1.165) is 57.8 Å². The maximum atomic E-state index is 12.0. The summed E-state index contributed by atoms with van der Waals surface area (Å²) in [4.78, 5) is 16.8. The number of nitrogens with two attached hydrogens (primary N) is 1. The van der Waals surface area contributed by atoms with Crippen LogP contribution in [0, 0.1) is 11.3 Å². The molecule has 0 saturated carbocycles. The number of nitriles is 1. The summed E-state index contributed by atoms with van der Waals surface area (Å²) in [5.74, 6) is 1.23. The van der Waals surface area contributed by atoms with Crippen molar-refractivity contribution < 1.29 is 9.53 Å². The first-order valence-corrected chi connectivity index (χ1v) is 11.7. The molecular weight excluding hydrogens is 436 g/mol. The summed E-state index contributed by atoms with van der Waals surface area (Å²) in [6.07, 6.45) is 1.73. The van der Waals surface area contributed by atoms with Crippen LogP contribution in [0.5, 0.6) is 5.75 Å². The van der Waals surface area contributed by atoms with Crippen molar-refractivity contribution in [2.45, 2.75) is 39.8 Å². The predicted molar refractivity (Wildman–Crippen MR) is 136 cm³/mol. The van der Waals surface area contributed by atoms with Crippen LogP contribution in [-0.2, 0) is 19.6 Å². The Hall–Kier alpha value is -4.37. The second-order valence-corrected chi connectivity index (χ2v) is 8.79. The van der Waals surface area contributed by atoms with Gasteiger partial charge in [-0.1, -0.05) is 43.3 Å². The number of allylic oxidation sites excluding steroid dienone is 1. The number of aryl methyl sites for hydroxylation is 1. The first-order valence-electron chi connectivity index (χ1n) is 11.7. The Morgan fingerprint density at radius 1 is 1.14 bits per heavy atom. The van der Waals surface area contributed by atoms with Gasteiger partial charge in [0.1, 0.15) is 23.7 Å². The van der Waals surface area contributed by atoms with Gasteiger partial charge in [0.15, 0.2) is 0 Å². The maximum absolute atomic E-state index is 12.0. The molecule has 0 radical (unpaired) electrons. The summed E-state index contributed by atoms with van der Waals surface area (Å²) >= 11 is 0. The number of amides is 1. The van der Waals surface area contributed by atoms with Crippen molar-refractivity contribution in [1.82, 2.24) is 9.55 Å². The van der Waals surface area contributed by atoms with Crippen LogP contribution in [0.15, 0.2) is 66.2 Å². The number of para-hydroxylation sites is 2. The Labute approximate surface area is 204 Å². The first kappa shape index (κ1) is 22.4. The smallest absolute Gasteiger partial charge is 0.250 e. The van der Waals surface area contributed by atoms with Gasteiger partial charge in [0, 0.05) is 29.7 Å². The van der Waals surface area contributed by atoms with Gasteiger partial charge >= 0.3 is 0 Å². The minimum absolute atomic E-state index is 0.417. The second-order valence-electron chi connectivity index (χ2n) is 8.79. The molecule has 0 bridgehead atoms. The molecule has 1 aromatic heterocycles. The summed E-state index contributed by atoms with van der Waals surface area (Å²) in [6.45, 7) is 4.98. The molecule has 0 aliphatic carbocycles. The molecule has 1 aliphatic heterocycles. The highest BCUT2D eigenvalue weighted by Gasteiger charge is 2.22. The van der Waals surface area contributed by atoms with Crippen molar-refractivity contribution in [2.24, 2.45) is 5.73 Å². The van der Waals surface area contributed by atoms with Crippen LogP contribution < -0.4 is 10.5 Å². The molecule has 3 aromatic carbocycles. The van der Waals surface area contributed by atoms with Gasteiger partial charge < -0.3 is 15.0 Å². The molecule has 35 heavy (non-hydrogen) atoms. The predicted octanol–water partition coefficient (Wildman–Crippen LogP) is 5.37. The standard InChI is InChI=1S/C29H26N4O2/c1-3-7-26-32-28-23(29(31)34)9-6-10-24(28)33(26)16-19-12-13-21-20(14-19)17-35-25-11-5-4-8-22(25)27(21)18(2)15-30/h4-6,8-14H,3,7,16-17H2,1-2H3,(H2,31,34). The normalized spacial score (nSPS) is 13.9. The lowest BCUT2D eigenvalue weighted by Gasteiger charge is -2.14. The van der Waals surface area contributed by atoms with E-state index in [0.29, 0.717) is 29.8 Å². The number of benzene rings is 3. The van der Waals surface area contributed by atoms with Gasteiger partial charge in [0.25, 0.3) is 5.91 Å². The monoisotopic (exact) mass is 462 g/mol. The van der Waals surface area contributed by atoms with Crippen LogP contribution in [0.1, 0.15) is 58.7 Å². The topological polar surface area (TPSA) is 93.9 Å². The highest BCUT2D eigenvalue weighted by molar-refractivity contribution is 6.04. The molecule has 174 valence electrons. The van der Waals surface area contributed by atoms with E-state index < -0.39 is 5.91 Å². The summed E-state index contributed by atoms with van der Waals surface area (Å²) in [6, 6.07) is 22.0. The first-order chi connectivity index (χ1) is 17.0. The number of hydrogen-bond acceptors (Lipinski definition) is 4. The molecule has 1 aliphatic rings. The zero-order valence-corrected chi connectivity index (χ0v) is 19.8. The van der Waals surface area contributed by atoms with Crippen LogP contribution in [-0.4, -0.2) is 15.5 Å². The van der Waals surface area contributed by atoms with Crippen LogP contribution in [0.2, 0.25) is 0 Å². The molecule has 6 nitrogen and oxygen atoms in total. The van der Waals surface area contributed by atoms with Gasteiger partial charge in [-0.25, -0.2) is 4.98 Å². The zero-order chi connectivity index (χ0) is 24.5. The SMILES string of the molecule is CCCc1nc2c(C(N)=O)cccc2n1Cc1ccc2c(c1)COc1ccccc1C2=C(C)C#N. The maximum Gasteiger partial charge on any atom is 0.250 e. The van der Waals surface area contributed by atoms with Crippen molar-refractivity contribution in [2.75, 3.05) is 0 Å². The Morgan fingerprint density at radius 2 is 1.97 bits per heavy atom. The third-order valence-electron chi connectivity index (χ3n) is 6.46. The van der Waals surface area contributed by atoms with Crippen molar-refractivity contribution >= 4 is 22.5 Å². The number of ether oxygens (including phenoxy) is 1. The van der Waals surface area contributed by atoms with Crippen LogP contribution in [0.25, 0.3) is 16.6 Å². The van der Waals surface area contributed by atoms with E-state index >= 15 is 0 Å². The number of aromatic nitrogens is 2. The molecule has 2 heterocycles. The molecule has 1 amide bonds. The molecule has 0 unspecified atom stereocenters. The fraction of sp³-hybridized carbons (Fsp3) is 0.207. The summed E-state index contributed by atoms with van der Waals surface area (Å²) in [5, 5.41) is 9.71. The fourth-order valence-electron chi connectivity index (χ4n) is 4.84. The third kappa shape index (κ3) is 3.95. The average Bonchev–Trinajstić information content (AvgIpc) is 3.11. The molecular formula is C29H26N4O2. The Bertz CT molecular complexity index is 1540. The Morgan fingerprint density at radius 3 is 2.74 bits per heavy atom. The van der Waals surface area contributed by atoms with Crippen molar-refractivity contribution in [3.8, 4) is 11.8 Å². The number of imidazole rings is 1. The van der Waals surface area contributed by atoms with Gasteiger partial charge in [-0.2, -0.15) is 5.26 Å². The summed E-state index contributed by atoms with van der Waals surface area (Å²) in [5.41, 5.74) is 13.2. The van der Waals surface area contributed by atoms with Gasteiger partial charge in [-0.05, 0) is 54.3 Å². The molecule has 4 aromatic rings. The van der Waals surface area contributed by atoms with Gasteiger partial charge in [-0.3, -0.25) is 4.79 Å². The number of carbonyl (C=O) groups excluding carboxylic acids is 1. The molecule has 0 saturated heterocycles. The average molecular weight is 463 g/mol.